The second kappa shape index (κ2) is 12.9. The van der Waals surface area contributed by atoms with Crippen LogP contribution in [0, 0.1) is 0 Å². The smallest absolute Gasteiger partial charge is 0.149 e. The molecule has 0 unspecified atom stereocenters. The third kappa shape index (κ3) is 5.89. The summed E-state index contributed by atoms with van der Waals surface area (Å²) in [5, 5.41) is 2.01. The Morgan fingerprint density at radius 3 is 2.19 bits per heavy atom. The predicted octanol–water partition coefficient (Wildman–Crippen LogP) is 6.77. The Labute approximate surface area is 221 Å². The number of nitrogens with two attached hydrogens (primary N) is 1. The van der Waals surface area contributed by atoms with Gasteiger partial charge in [0.25, 0.3) is 0 Å². The molecule has 0 saturated heterocycles. The number of aromatic nitrogens is 1. The first kappa shape index (κ1) is 26.1. The molecule has 4 aromatic rings. The zero-order valence-electron chi connectivity index (χ0n) is 20.6. The van der Waals surface area contributed by atoms with Gasteiger partial charge in [0, 0.05) is 17.3 Å². The van der Waals surface area contributed by atoms with Gasteiger partial charge in [-0.2, -0.15) is 0 Å². The highest BCUT2D eigenvalue weighted by atomic mass is 32.2. The number of carbonyl (C=O) groups excluding carboxylic acids is 1. The van der Waals surface area contributed by atoms with E-state index in [-0.39, 0.29) is 0 Å². The van der Waals surface area contributed by atoms with Crippen LogP contribution in [0.3, 0.4) is 0 Å². The first-order valence-corrected chi connectivity index (χ1v) is 14.1. The van der Waals surface area contributed by atoms with Gasteiger partial charge in [-0.25, -0.2) is 4.98 Å². The Morgan fingerprint density at radius 2 is 1.64 bits per heavy atom. The van der Waals surface area contributed by atoms with E-state index in [1.54, 1.807) is 30.2 Å². The Hall–Kier alpha value is -2.93. The van der Waals surface area contributed by atoms with E-state index < -0.39 is 5.41 Å². The van der Waals surface area contributed by atoms with E-state index in [2.05, 4.69) is 41.4 Å². The van der Waals surface area contributed by atoms with Gasteiger partial charge in [0.05, 0.1) is 12.5 Å². The second-order valence-electron chi connectivity index (χ2n) is 8.67. The van der Waals surface area contributed by atoms with Crippen LogP contribution in [0.5, 0.6) is 5.75 Å². The van der Waals surface area contributed by atoms with Gasteiger partial charge in [0.15, 0.2) is 0 Å². The number of benzene rings is 3. The number of rotatable bonds is 10. The third-order valence-corrected chi connectivity index (χ3v) is 8.55. The maximum Gasteiger partial charge on any atom is 0.149 e. The Kier molecular flexibility index (Phi) is 9.34. The van der Waals surface area contributed by atoms with E-state index in [9.17, 15) is 4.79 Å². The topological polar surface area (TPSA) is 65.2 Å². The maximum absolute atomic E-state index is 12.3. The molecule has 0 aliphatic heterocycles. The van der Waals surface area contributed by atoms with Crippen molar-refractivity contribution in [2.24, 2.45) is 5.73 Å². The van der Waals surface area contributed by atoms with E-state index in [1.165, 1.54) is 34.1 Å². The van der Waals surface area contributed by atoms with Crippen molar-refractivity contribution in [2.75, 3.05) is 19.4 Å². The Balaban J connectivity index is 0.000000233. The van der Waals surface area contributed by atoms with Crippen LogP contribution in [-0.4, -0.2) is 30.7 Å². The maximum atomic E-state index is 12.3. The molecular formula is C30H32N2O2S2. The molecule has 186 valence electrons. The number of fused-ring (bicyclic) bond motifs is 3. The standard InChI is InChI=1S/C21H19NOS2.C9H13NO/c23-15-21(11-5-6-13-24-20-22-12-14-25-20)18-9-3-1-7-16(18)17-8-2-4-10-19(17)21;1-11-9-4-2-8(3-5-9)6-7-10/h1-4,7-10,12,14-15H,5-6,11,13H2;2-5H,6-7,10H2,1H3. The number of hydrogen-bond acceptors (Lipinski definition) is 6. The average molecular weight is 517 g/mol. The second-order valence-corrected chi connectivity index (χ2v) is 10.9. The van der Waals surface area contributed by atoms with Crippen LogP contribution in [0.2, 0.25) is 0 Å². The fourth-order valence-corrected chi connectivity index (χ4v) is 6.43. The minimum atomic E-state index is -0.487. The van der Waals surface area contributed by atoms with Crippen LogP contribution in [0.15, 0.2) is 88.7 Å². The SMILES string of the molecule is COc1ccc(CCN)cc1.O=CC1(CCCCSc2nccs2)c2ccccc2-c2ccccc21. The van der Waals surface area contributed by atoms with Crippen molar-refractivity contribution in [2.45, 2.75) is 35.4 Å². The molecule has 0 bridgehead atoms. The number of carbonyl (C=O) groups is 1. The first-order chi connectivity index (χ1) is 17.7. The highest BCUT2D eigenvalue weighted by Gasteiger charge is 2.42. The predicted molar refractivity (Wildman–Crippen MR) is 151 cm³/mol. The van der Waals surface area contributed by atoms with Gasteiger partial charge in [-0.3, -0.25) is 0 Å². The van der Waals surface area contributed by atoms with Crippen LogP contribution < -0.4 is 10.5 Å². The lowest BCUT2D eigenvalue weighted by Gasteiger charge is -2.25. The highest BCUT2D eigenvalue weighted by molar-refractivity contribution is 8.00. The number of thiazole rings is 1. The largest absolute Gasteiger partial charge is 0.497 e. The van der Waals surface area contributed by atoms with Crippen LogP contribution >= 0.6 is 23.1 Å². The van der Waals surface area contributed by atoms with Crippen LogP contribution in [0.4, 0.5) is 0 Å². The normalized spacial score (nSPS) is 12.7. The van der Waals surface area contributed by atoms with E-state index in [0.29, 0.717) is 6.54 Å². The summed E-state index contributed by atoms with van der Waals surface area (Å²) in [6.45, 7) is 0.701. The van der Waals surface area contributed by atoms with E-state index >= 15 is 0 Å². The lowest BCUT2D eigenvalue weighted by atomic mass is 9.75. The molecule has 5 rings (SSSR count). The molecule has 1 aliphatic carbocycles. The molecule has 0 spiro atoms. The lowest BCUT2D eigenvalue weighted by molar-refractivity contribution is -0.111. The minimum absolute atomic E-state index is 0.487. The molecular weight excluding hydrogens is 484 g/mol. The van der Waals surface area contributed by atoms with E-state index in [4.69, 9.17) is 10.5 Å². The fraction of sp³-hybridized carbons (Fsp3) is 0.267. The summed E-state index contributed by atoms with van der Waals surface area (Å²) in [6, 6.07) is 24.7. The summed E-state index contributed by atoms with van der Waals surface area (Å²) >= 11 is 3.49. The summed E-state index contributed by atoms with van der Waals surface area (Å²) in [4.78, 5) is 16.6. The molecule has 0 atom stereocenters. The number of nitrogens with zero attached hydrogens (tertiary/aromatic N) is 1. The summed E-state index contributed by atoms with van der Waals surface area (Å²) in [5.74, 6) is 1.94. The molecule has 4 nitrogen and oxygen atoms in total. The zero-order valence-corrected chi connectivity index (χ0v) is 22.2. The van der Waals surface area contributed by atoms with Gasteiger partial charge in [0.1, 0.15) is 16.4 Å². The average Bonchev–Trinajstić information content (AvgIpc) is 3.55. The molecule has 1 aliphatic rings. The molecule has 3 aromatic carbocycles. The zero-order chi connectivity index (χ0) is 25.2. The van der Waals surface area contributed by atoms with Crippen LogP contribution in [0.1, 0.15) is 36.0 Å². The molecule has 2 N–H and O–H groups in total. The van der Waals surface area contributed by atoms with Gasteiger partial charge < -0.3 is 15.3 Å². The monoisotopic (exact) mass is 516 g/mol. The molecule has 0 fully saturated rings. The number of hydrogen-bond donors (Lipinski definition) is 1. The summed E-state index contributed by atoms with van der Waals surface area (Å²) < 4.78 is 6.14. The molecule has 0 saturated carbocycles. The Bertz CT molecular complexity index is 1190. The number of unbranched alkanes of at least 4 members (excludes halogenated alkanes) is 1. The van der Waals surface area contributed by atoms with Gasteiger partial charge in [-0.1, -0.05) is 78.8 Å². The molecule has 1 heterocycles. The number of ether oxygens (including phenoxy) is 1. The van der Waals surface area contributed by atoms with E-state index in [0.717, 1.165) is 41.5 Å². The van der Waals surface area contributed by atoms with Crippen molar-refractivity contribution in [3.05, 3.63) is 101 Å². The highest BCUT2D eigenvalue weighted by Crippen LogP contribution is 2.50. The van der Waals surface area contributed by atoms with E-state index in [1.807, 2.05) is 48.0 Å². The molecule has 6 heteroatoms. The third-order valence-electron chi connectivity index (χ3n) is 6.50. The summed E-state index contributed by atoms with van der Waals surface area (Å²) in [6.07, 6.45) is 6.93. The summed E-state index contributed by atoms with van der Waals surface area (Å²) in [7, 11) is 1.66. The lowest BCUT2D eigenvalue weighted by Crippen LogP contribution is -2.27. The van der Waals surface area contributed by atoms with Crippen molar-refractivity contribution >= 4 is 29.4 Å². The quantitative estimate of drug-likeness (QED) is 0.143. The van der Waals surface area contributed by atoms with Crippen molar-refractivity contribution < 1.29 is 9.53 Å². The van der Waals surface area contributed by atoms with Gasteiger partial charge >= 0.3 is 0 Å². The number of thioether (sulfide) groups is 1. The van der Waals surface area contributed by atoms with Crippen molar-refractivity contribution in [1.82, 2.24) is 4.98 Å². The molecule has 0 amide bonds. The minimum Gasteiger partial charge on any atom is -0.497 e. The summed E-state index contributed by atoms with van der Waals surface area (Å²) in [5.41, 5.74) is 10.9. The molecule has 36 heavy (non-hydrogen) atoms. The fourth-order valence-electron chi connectivity index (χ4n) is 4.72. The number of aldehydes is 1. The number of methoxy groups -OCH3 is 1. The first-order valence-electron chi connectivity index (χ1n) is 12.2. The van der Waals surface area contributed by atoms with Crippen LogP contribution in [0.25, 0.3) is 11.1 Å². The molecule has 0 radical (unpaired) electrons. The van der Waals surface area contributed by atoms with Crippen LogP contribution in [-0.2, 0) is 16.6 Å². The van der Waals surface area contributed by atoms with Crippen molar-refractivity contribution in [3.8, 4) is 16.9 Å². The van der Waals surface area contributed by atoms with Gasteiger partial charge in [-0.15, -0.1) is 11.3 Å². The van der Waals surface area contributed by atoms with Gasteiger partial charge in [-0.05, 0) is 65.8 Å². The molecule has 1 aromatic heterocycles. The van der Waals surface area contributed by atoms with Gasteiger partial charge in [0.2, 0.25) is 0 Å². The van der Waals surface area contributed by atoms with Crippen molar-refractivity contribution in [1.29, 1.82) is 0 Å². The Morgan fingerprint density at radius 1 is 0.972 bits per heavy atom. The van der Waals surface area contributed by atoms with Crippen molar-refractivity contribution in [3.63, 3.8) is 0 Å².